The largest absolute Gasteiger partial charge is 0.372 e. The molecule has 0 aliphatic carbocycles. The maximum Gasteiger partial charge on any atom is 0.158 e. The lowest BCUT2D eigenvalue weighted by Crippen LogP contribution is -2.18. The molecule has 2 aliphatic heterocycles. The molecule has 0 unspecified atom stereocenters. The molecule has 0 amide bonds. The molecule has 144 valence electrons. The second-order valence-electron chi connectivity index (χ2n) is 7.76. The van der Waals surface area contributed by atoms with Crippen LogP contribution in [0, 0.1) is 0 Å². The van der Waals surface area contributed by atoms with Crippen LogP contribution in [-0.2, 0) is 21.3 Å². The van der Waals surface area contributed by atoms with Crippen molar-refractivity contribution in [3.05, 3.63) is 59.7 Å². The summed E-state index contributed by atoms with van der Waals surface area (Å²) in [5.74, 6) is 0.200. The Balaban J connectivity index is 1.46. The van der Waals surface area contributed by atoms with Gasteiger partial charge in [-0.1, -0.05) is 24.3 Å². The fraction of sp³-hybridized carbons (Fsp3) is 0.455. The Morgan fingerprint density at radius 3 is 1.48 bits per heavy atom. The van der Waals surface area contributed by atoms with Crippen molar-refractivity contribution >= 4 is 21.2 Å². The zero-order valence-corrected chi connectivity index (χ0v) is 16.6. The van der Waals surface area contributed by atoms with E-state index in [0.29, 0.717) is 0 Å². The van der Waals surface area contributed by atoms with Gasteiger partial charge in [-0.25, -0.2) is 8.42 Å². The van der Waals surface area contributed by atoms with Gasteiger partial charge in [-0.15, -0.1) is 0 Å². The SMILES string of the molecule is O=S(=O)(Cc1cccc(N2CCCC2)c1)Cc1cccc(N2CCCC2)c1. The van der Waals surface area contributed by atoms with Gasteiger partial charge in [0.2, 0.25) is 0 Å². The first-order chi connectivity index (χ1) is 13.1. The molecule has 0 aromatic heterocycles. The third-order valence-corrected chi connectivity index (χ3v) is 7.08. The van der Waals surface area contributed by atoms with E-state index in [2.05, 4.69) is 21.9 Å². The fourth-order valence-electron chi connectivity index (χ4n) is 4.20. The minimum absolute atomic E-state index is 0.0998. The van der Waals surface area contributed by atoms with Crippen LogP contribution in [-0.4, -0.2) is 34.6 Å². The molecule has 2 heterocycles. The Kier molecular flexibility index (Phi) is 5.39. The van der Waals surface area contributed by atoms with Crippen LogP contribution in [0.4, 0.5) is 11.4 Å². The monoisotopic (exact) mass is 384 g/mol. The van der Waals surface area contributed by atoms with Gasteiger partial charge in [0, 0.05) is 37.6 Å². The van der Waals surface area contributed by atoms with Crippen molar-refractivity contribution in [2.45, 2.75) is 37.2 Å². The molecule has 2 fully saturated rings. The van der Waals surface area contributed by atoms with Gasteiger partial charge in [0.1, 0.15) is 0 Å². The predicted molar refractivity (Wildman–Crippen MR) is 112 cm³/mol. The summed E-state index contributed by atoms with van der Waals surface area (Å²) in [6.07, 6.45) is 4.87. The summed E-state index contributed by atoms with van der Waals surface area (Å²) in [7, 11) is -3.21. The zero-order chi connectivity index (χ0) is 18.7. The predicted octanol–water partition coefficient (Wildman–Crippen LogP) is 4.00. The van der Waals surface area contributed by atoms with Crippen LogP contribution in [0.15, 0.2) is 48.5 Å². The van der Waals surface area contributed by atoms with Crippen molar-refractivity contribution in [3.8, 4) is 0 Å². The van der Waals surface area contributed by atoms with Gasteiger partial charge < -0.3 is 9.80 Å². The summed E-state index contributed by atoms with van der Waals surface area (Å²) < 4.78 is 25.6. The van der Waals surface area contributed by atoms with Crippen LogP contribution in [0.3, 0.4) is 0 Å². The average Bonchev–Trinajstić information content (AvgIpc) is 3.35. The summed E-state index contributed by atoms with van der Waals surface area (Å²) in [6, 6.07) is 16.1. The highest BCUT2D eigenvalue weighted by atomic mass is 32.2. The molecule has 2 saturated heterocycles. The molecule has 5 heteroatoms. The lowest BCUT2D eigenvalue weighted by atomic mass is 10.2. The minimum atomic E-state index is -3.21. The number of hydrogen-bond donors (Lipinski definition) is 0. The van der Waals surface area contributed by atoms with Crippen LogP contribution < -0.4 is 9.80 Å². The zero-order valence-electron chi connectivity index (χ0n) is 15.8. The molecule has 0 radical (unpaired) electrons. The van der Waals surface area contributed by atoms with E-state index in [1.54, 1.807) is 0 Å². The molecule has 2 aliphatic rings. The van der Waals surface area contributed by atoms with Crippen molar-refractivity contribution < 1.29 is 8.42 Å². The molecule has 0 atom stereocenters. The molecule has 2 aromatic carbocycles. The smallest absolute Gasteiger partial charge is 0.158 e. The number of anilines is 2. The van der Waals surface area contributed by atoms with Crippen LogP contribution in [0.2, 0.25) is 0 Å². The minimum Gasteiger partial charge on any atom is -0.372 e. The van der Waals surface area contributed by atoms with Gasteiger partial charge in [0.05, 0.1) is 11.5 Å². The quantitative estimate of drug-likeness (QED) is 0.755. The molecule has 27 heavy (non-hydrogen) atoms. The molecule has 0 spiro atoms. The topological polar surface area (TPSA) is 40.6 Å². The fourth-order valence-corrected chi connectivity index (χ4v) is 5.67. The van der Waals surface area contributed by atoms with Gasteiger partial charge >= 0.3 is 0 Å². The highest BCUT2D eigenvalue weighted by Crippen LogP contribution is 2.25. The van der Waals surface area contributed by atoms with E-state index in [4.69, 9.17) is 0 Å². The Morgan fingerprint density at radius 2 is 1.07 bits per heavy atom. The van der Waals surface area contributed by atoms with Gasteiger partial charge in [-0.05, 0) is 61.1 Å². The van der Waals surface area contributed by atoms with Gasteiger partial charge in [0.25, 0.3) is 0 Å². The summed E-state index contributed by atoms with van der Waals surface area (Å²) >= 11 is 0. The van der Waals surface area contributed by atoms with E-state index < -0.39 is 9.84 Å². The van der Waals surface area contributed by atoms with E-state index in [0.717, 1.165) is 48.7 Å². The Morgan fingerprint density at radius 1 is 0.667 bits per heavy atom. The number of sulfone groups is 1. The van der Waals surface area contributed by atoms with Crippen molar-refractivity contribution in [1.82, 2.24) is 0 Å². The van der Waals surface area contributed by atoms with Crippen LogP contribution in [0.25, 0.3) is 0 Å². The molecule has 2 aromatic rings. The summed E-state index contributed by atoms with van der Waals surface area (Å²) in [6.45, 7) is 4.28. The number of nitrogens with zero attached hydrogens (tertiary/aromatic N) is 2. The van der Waals surface area contributed by atoms with Crippen molar-refractivity contribution in [2.24, 2.45) is 0 Å². The molecular formula is C22H28N2O2S. The lowest BCUT2D eigenvalue weighted by Gasteiger charge is -2.19. The Hall–Kier alpha value is -2.01. The van der Waals surface area contributed by atoms with Gasteiger partial charge in [0.15, 0.2) is 9.84 Å². The molecular weight excluding hydrogens is 356 g/mol. The first-order valence-electron chi connectivity index (χ1n) is 9.97. The second-order valence-corrected chi connectivity index (χ2v) is 9.82. The third kappa shape index (κ3) is 4.64. The standard InChI is InChI=1S/C22H28N2O2S/c25-27(26,17-19-7-5-9-21(15-19)23-11-1-2-12-23)18-20-8-6-10-22(16-20)24-13-3-4-14-24/h5-10,15-16H,1-4,11-14,17-18H2. The lowest BCUT2D eigenvalue weighted by molar-refractivity contribution is 0.594. The first kappa shape index (κ1) is 18.4. The molecule has 0 N–H and O–H groups in total. The maximum atomic E-state index is 12.8. The second kappa shape index (κ2) is 7.93. The maximum absolute atomic E-state index is 12.8. The van der Waals surface area contributed by atoms with Crippen LogP contribution >= 0.6 is 0 Å². The highest BCUT2D eigenvalue weighted by Gasteiger charge is 2.18. The van der Waals surface area contributed by atoms with E-state index in [1.807, 2.05) is 36.4 Å². The summed E-state index contributed by atoms with van der Waals surface area (Å²) in [5, 5.41) is 0. The Labute approximate surface area is 162 Å². The van der Waals surface area contributed by atoms with Gasteiger partial charge in [-0.2, -0.15) is 0 Å². The van der Waals surface area contributed by atoms with E-state index in [1.165, 1.54) is 25.7 Å². The molecule has 0 saturated carbocycles. The molecule has 0 bridgehead atoms. The number of hydrogen-bond acceptors (Lipinski definition) is 4. The summed E-state index contributed by atoms with van der Waals surface area (Å²) in [4.78, 5) is 4.69. The number of rotatable bonds is 6. The average molecular weight is 385 g/mol. The van der Waals surface area contributed by atoms with Gasteiger partial charge in [-0.3, -0.25) is 0 Å². The van der Waals surface area contributed by atoms with Crippen LogP contribution in [0.5, 0.6) is 0 Å². The Bertz CT molecular complexity index is 815. The normalized spacial score (nSPS) is 17.6. The van der Waals surface area contributed by atoms with Crippen molar-refractivity contribution in [2.75, 3.05) is 36.0 Å². The third-order valence-electron chi connectivity index (χ3n) is 5.54. The van der Waals surface area contributed by atoms with Crippen LogP contribution in [0.1, 0.15) is 36.8 Å². The van der Waals surface area contributed by atoms with E-state index >= 15 is 0 Å². The van der Waals surface area contributed by atoms with Crippen molar-refractivity contribution in [1.29, 1.82) is 0 Å². The van der Waals surface area contributed by atoms with E-state index in [-0.39, 0.29) is 11.5 Å². The van der Waals surface area contributed by atoms with Crippen molar-refractivity contribution in [3.63, 3.8) is 0 Å². The summed E-state index contributed by atoms with van der Waals surface area (Å²) in [5.41, 5.74) is 4.07. The molecule has 4 rings (SSSR count). The van der Waals surface area contributed by atoms with E-state index in [9.17, 15) is 8.42 Å². The number of benzene rings is 2. The highest BCUT2D eigenvalue weighted by molar-refractivity contribution is 7.89. The molecule has 4 nitrogen and oxygen atoms in total. The first-order valence-corrected chi connectivity index (χ1v) is 11.8.